The largest absolute Gasteiger partial charge is 0.376 e. The zero-order valence-electron chi connectivity index (χ0n) is 22.5. The first-order valence-corrected chi connectivity index (χ1v) is 15.1. The predicted molar refractivity (Wildman–Crippen MR) is 152 cm³/mol. The molecule has 10 heteroatoms. The van der Waals surface area contributed by atoms with Crippen LogP contribution in [0.4, 0.5) is 0 Å². The van der Waals surface area contributed by atoms with Crippen molar-refractivity contribution in [3.05, 3.63) is 71.9 Å². The van der Waals surface area contributed by atoms with Gasteiger partial charge in [0.1, 0.15) is 17.3 Å². The van der Waals surface area contributed by atoms with Crippen LogP contribution in [0.25, 0.3) is 23.0 Å². The van der Waals surface area contributed by atoms with E-state index in [0.717, 1.165) is 31.4 Å². The number of para-hydroxylation sites is 1. The number of nitrogens with zero attached hydrogens (tertiary/aromatic N) is 4. The number of rotatable bonds is 8. The molecule has 9 nitrogen and oxygen atoms in total. The average Bonchev–Trinajstić information content (AvgIpc) is 3.66. The average molecular weight is 560 g/mol. The Kier molecular flexibility index (Phi) is 8.45. The van der Waals surface area contributed by atoms with Crippen LogP contribution in [0, 0.1) is 17.2 Å². The van der Waals surface area contributed by atoms with Crippen LogP contribution in [0.15, 0.2) is 71.3 Å². The lowest BCUT2D eigenvalue weighted by atomic mass is 10.0. The highest BCUT2D eigenvalue weighted by molar-refractivity contribution is 7.89. The normalized spacial score (nSPS) is 18.9. The van der Waals surface area contributed by atoms with Crippen molar-refractivity contribution in [1.29, 1.82) is 5.26 Å². The van der Waals surface area contributed by atoms with Crippen LogP contribution in [-0.4, -0.2) is 60.8 Å². The van der Waals surface area contributed by atoms with E-state index < -0.39 is 15.9 Å². The summed E-state index contributed by atoms with van der Waals surface area (Å²) in [5.41, 5.74) is 2.28. The van der Waals surface area contributed by atoms with Gasteiger partial charge in [0, 0.05) is 43.6 Å². The maximum absolute atomic E-state index is 13.5. The van der Waals surface area contributed by atoms with Crippen LogP contribution in [0.1, 0.15) is 38.2 Å². The standard InChI is InChI=1S/C30H33N5O4S/c1-22-12-14-34(15-13-22)40(37,38)28-11-5-7-23(18-28)29-25(21-35(33-29)26-8-3-2-4-9-26)17-24(19-31)30(36)32-20-27-10-6-16-39-27/h2-5,7-9,11,17-18,21-22,27H,6,10,12-16,20H2,1H3,(H,32,36)/b24-17-. The van der Waals surface area contributed by atoms with Crippen molar-refractivity contribution < 1.29 is 17.9 Å². The predicted octanol–water partition coefficient (Wildman–Crippen LogP) is 4.16. The first-order valence-electron chi connectivity index (χ1n) is 13.6. The molecule has 208 valence electrons. The minimum absolute atomic E-state index is 0.0481. The van der Waals surface area contributed by atoms with Crippen molar-refractivity contribution in [3.8, 4) is 23.0 Å². The Morgan fingerprint density at radius 2 is 1.93 bits per heavy atom. The van der Waals surface area contributed by atoms with Gasteiger partial charge < -0.3 is 10.1 Å². The third kappa shape index (κ3) is 6.17. The fraction of sp³-hybridized carbons (Fsp3) is 0.367. The Labute approximate surface area is 235 Å². The summed E-state index contributed by atoms with van der Waals surface area (Å²) in [6.07, 6.45) is 6.68. The van der Waals surface area contributed by atoms with Gasteiger partial charge in [-0.2, -0.15) is 14.7 Å². The van der Waals surface area contributed by atoms with Crippen molar-refractivity contribution in [2.45, 2.75) is 43.6 Å². The van der Waals surface area contributed by atoms with Gasteiger partial charge >= 0.3 is 0 Å². The second-order valence-electron chi connectivity index (χ2n) is 10.3. The maximum atomic E-state index is 13.5. The van der Waals surface area contributed by atoms with E-state index >= 15 is 0 Å². The Balaban J connectivity index is 1.50. The number of piperidine rings is 1. The van der Waals surface area contributed by atoms with E-state index in [1.54, 1.807) is 39.4 Å². The van der Waals surface area contributed by atoms with Gasteiger partial charge in [0.15, 0.2) is 0 Å². The molecule has 2 aliphatic rings. The van der Waals surface area contributed by atoms with Crippen LogP contribution < -0.4 is 5.32 Å². The molecular weight excluding hydrogens is 526 g/mol. The second kappa shape index (κ2) is 12.2. The summed E-state index contributed by atoms with van der Waals surface area (Å²) in [6.45, 7) is 4.15. The molecule has 2 aliphatic heterocycles. The molecule has 1 aromatic heterocycles. The van der Waals surface area contributed by atoms with E-state index in [9.17, 15) is 18.5 Å². The molecule has 0 saturated carbocycles. The fourth-order valence-electron chi connectivity index (χ4n) is 5.02. The topological polar surface area (TPSA) is 117 Å². The molecule has 1 atom stereocenters. The molecule has 5 rings (SSSR count). The quantitative estimate of drug-likeness (QED) is 0.327. The van der Waals surface area contributed by atoms with Gasteiger partial charge in [-0.15, -0.1) is 0 Å². The summed E-state index contributed by atoms with van der Waals surface area (Å²) in [5.74, 6) is 0.0124. The lowest BCUT2D eigenvalue weighted by Crippen LogP contribution is -2.37. The molecule has 2 fully saturated rings. The Morgan fingerprint density at radius 3 is 2.62 bits per heavy atom. The van der Waals surface area contributed by atoms with Crippen LogP contribution in [0.5, 0.6) is 0 Å². The van der Waals surface area contributed by atoms with Gasteiger partial charge in [0.25, 0.3) is 5.91 Å². The van der Waals surface area contributed by atoms with Gasteiger partial charge in [0.05, 0.1) is 16.7 Å². The number of hydrogen-bond acceptors (Lipinski definition) is 6. The summed E-state index contributed by atoms with van der Waals surface area (Å²) in [5, 5.41) is 17.4. The maximum Gasteiger partial charge on any atom is 0.262 e. The molecule has 3 aromatic rings. The SMILES string of the molecule is CC1CCN(S(=O)(=O)c2cccc(-c3nn(-c4ccccc4)cc3/C=C(/C#N)C(=O)NCC3CCCO3)c2)CC1. The number of sulfonamides is 1. The lowest BCUT2D eigenvalue weighted by molar-refractivity contribution is -0.117. The smallest absolute Gasteiger partial charge is 0.262 e. The third-order valence-corrected chi connectivity index (χ3v) is 9.32. The van der Waals surface area contributed by atoms with Crippen molar-refractivity contribution in [3.63, 3.8) is 0 Å². The Bertz CT molecular complexity index is 1530. The first-order chi connectivity index (χ1) is 19.3. The summed E-state index contributed by atoms with van der Waals surface area (Å²) in [4.78, 5) is 13.1. The van der Waals surface area contributed by atoms with E-state index in [-0.39, 0.29) is 16.6 Å². The summed E-state index contributed by atoms with van der Waals surface area (Å²) >= 11 is 0. The Morgan fingerprint density at radius 1 is 1.15 bits per heavy atom. The highest BCUT2D eigenvalue weighted by atomic mass is 32.2. The second-order valence-corrected chi connectivity index (χ2v) is 12.3. The van der Waals surface area contributed by atoms with Crippen molar-refractivity contribution in [2.75, 3.05) is 26.2 Å². The number of carbonyl (C=O) groups excluding carboxylic acids is 1. The molecule has 40 heavy (non-hydrogen) atoms. The van der Waals surface area contributed by atoms with Crippen LogP contribution in [0.3, 0.4) is 0 Å². The van der Waals surface area contributed by atoms with E-state index in [2.05, 4.69) is 12.2 Å². The Hall–Kier alpha value is -3.78. The summed E-state index contributed by atoms with van der Waals surface area (Å²) < 4.78 is 35.7. The number of nitrogens with one attached hydrogen (secondary N) is 1. The van der Waals surface area contributed by atoms with E-state index in [0.29, 0.717) is 49.0 Å². The minimum Gasteiger partial charge on any atom is -0.376 e. The van der Waals surface area contributed by atoms with Gasteiger partial charge in [-0.1, -0.05) is 37.3 Å². The van der Waals surface area contributed by atoms with E-state index in [1.807, 2.05) is 36.4 Å². The number of benzene rings is 2. The monoisotopic (exact) mass is 559 g/mol. The van der Waals surface area contributed by atoms with Crippen LogP contribution in [-0.2, 0) is 19.6 Å². The minimum atomic E-state index is -3.68. The summed E-state index contributed by atoms with van der Waals surface area (Å²) in [7, 11) is -3.68. The molecule has 1 amide bonds. The first kappa shape index (κ1) is 27.8. The zero-order chi connectivity index (χ0) is 28.1. The molecule has 2 aromatic carbocycles. The van der Waals surface area contributed by atoms with Crippen LogP contribution in [0.2, 0.25) is 0 Å². The molecule has 1 unspecified atom stereocenters. The molecule has 0 aliphatic carbocycles. The fourth-order valence-corrected chi connectivity index (χ4v) is 6.54. The van der Waals surface area contributed by atoms with Gasteiger partial charge in [-0.25, -0.2) is 13.1 Å². The molecule has 0 spiro atoms. The number of hydrogen-bond donors (Lipinski definition) is 1. The van der Waals surface area contributed by atoms with Crippen LogP contribution >= 0.6 is 0 Å². The van der Waals surface area contributed by atoms with E-state index in [4.69, 9.17) is 9.84 Å². The van der Waals surface area contributed by atoms with Gasteiger partial charge in [-0.05, 0) is 61.9 Å². The number of aromatic nitrogens is 2. The zero-order valence-corrected chi connectivity index (χ0v) is 23.3. The molecule has 3 heterocycles. The highest BCUT2D eigenvalue weighted by Crippen LogP contribution is 2.30. The highest BCUT2D eigenvalue weighted by Gasteiger charge is 2.28. The van der Waals surface area contributed by atoms with Gasteiger partial charge in [-0.3, -0.25) is 4.79 Å². The number of amides is 1. The number of nitriles is 1. The third-order valence-electron chi connectivity index (χ3n) is 7.43. The molecule has 1 N–H and O–H groups in total. The van der Waals surface area contributed by atoms with Crippen molar-refractivity contribution >= 4 is 22.0 Å². The van der Waals surface area contributed by atoms with E-state index in [1.165, 1.54) is 6.08 Å². The lowest BCUT2D eigenvalue weighted by Gasteiger charge is -2.29. The number of ether oxygens (including phenoxy) is 1. The molecule has 0 radical (unpaired) electrons. The molecule has 2 saturated heterocycles. The molecule has 0 bridgehead atoms. The van der Waals surface area contributed by atoms with Crippen molar-refractivity contribution in [2.24, 2.45) is 5.92 Å². The number of carbonyl (C=O) groups is 1. The van der Waals surface area contributed by atoms with Gasteiger partial charge in [0.2, 0.25) is 10.0 Å². The summed E-state index contributed by atoms with van der Waals surface area (Å²) in [6, 6.07) is 18.2. The van der Waals surface area contributed by atoms with Crippen molar-refractivity contribution in [1.82, 2.24) is 19.4 Å². The molecular formula is C30H33N5O4S.